The van der Waals surface area contributed by atoms with Gasteiger partial charge in [-0.15, -0.1) is 0 Å². The molecule has 14 aromatic rings. The summed E-state index contributed by atoms with van der Waals surface area (Å²) in [6, 6.07) is 72.2. The highest BCUT2D eigenvalue weighted by atomic mass is 16.3. The van der Waals surface area contributed by atoms with Crippen molar-refractivity contribution in [3.63, 3.8) is 0 Å². The number of furan rings is 2. The first-order valence-electron chi connectivity index (χ1n) is 21.8. The first-order chi connectivity index (χ1) is 32.2. The average molecular weight is 831 g/mol. The van der Waals surface area contributed by atoms with Gasteiger partial charge in [-0.3, -0.25) is 0 Å². The second-order valence-corrected chi connectivity index (χ2v) is 16.7. The Labute approximate surface area is 371 Å². The summed E-state index contributed by atoms with van der Waals surface area (Å²) in [5.41, 5.74) is 10.6. The summed E-state index contributed by atoms with van der Waals surface area (Å²) in [5.74, 6) is 1.52. The molecule has 0 radical (unpaired) electrons. The second kappa shape index (κ2) is 13.8. The third-order valence-electron chi connectivity index (χ3n) is 13.0. The lowest BCUT2D eigenvalue weighted by molar-refractivity contribution is 0.669. The van der Waals surface area contributed by atoms with Crippen LogP contribution >= 0.6 is 0 Å². The molecule has 0 saturated heterocycles. The molecule has 6 nitrogen and oxygen atoms in total. The normalized spacial score (nSPS) is 12.0. The number of nitrogens with zero attached hydrogens (tertiary/aromatic N) is 4. The second-order valence-electron chi connectivity index (χ2n) is 16.7. The number of para-hydroxylation sites is 3. The van der Waals surface area contributed by atoms with E-state index in [1.54, 1.807) is 0 Å². The molecule has 0 amide bonds. The third-order valence-corrected chi connectivity index (χ3v) is 13.0. The van der Waals surface area contributed by atoms with E-state index in [4.69, 9.17) is 23.8 Å². The van der Waals surface area contributed by atoms with Crippen molar-refractivity contribution in [2.75, 3.05) is 0 Å². The minimum atomic E-state index is 0.486. The molecule has 0 unspecified atom stereocenters. The van der Waals surface area contributed by atoms with Gasteiger partial charge in [-0.25, -0.2) is 15.0 Å². The van der Waals surface area contributed by atoms with Gasteiger partial charge in [0.25, 0.3) is 0 Å². The van der Waals surface area contributed by atoms with Crippen LogP contribution in [0.5, 0.6) is 0 Å². The molecule has 0 aliphatic rings. The Hall–Kier alpha value is -8.87. The Morgan fingerprint density at radius 1 is 0.323 bits per heavy atom. The van der Waals surface area contributed by atoms with E-state index in [-0.39, 0.29) is 0 Å². The van der Waals surface area contributed by atoms with E-state index in [0.29, 0.717) is 23.1 Å². The van der Waals surface area contributed by atoms with E-state index >= 15 is 0 Å². The Balaban J connectivity index is 1.12. The molecule has 0 aliphatic carbocycles. The van der Waals surface area contributed by atoms with Gasteiger partial charge in [-0.05, 0) is 93.3 Å². The largest absolute Gasteiger partial charge is 0.455 e. The summed E-state index contributed by atoms with van der Waals surface area (Å²) in [4.78, 5) is 16.3. The number of hydrogen-bond donors (Lipinski definition) is 0. The van der Waals surface area contributed by atoms with Gasteiger partial charge in [-0.1, -0.05) is 146 Å². The van der Waals surface area contributed by atoms with Crippen molar-refractivity contribution in [1.29, 1.82) is 0 Å². The van der Waals surface area contributed by atoms with E-state index in [1.165, 1.54) is 10.8 Å². The van der Waals surface area contributed by atoms with Gasteiger partial charge in [0.2, 0.25) is 0 Å². The van der Waals surface area contributed by atoms with Crippen molar-refractivity contribution in [3.05, 3.63) is 206 Å². The Kier molecular flexibility index (Phi) is 7.59. The molecule has 0 fully saturated rings. The van der Waals surface area contributed by atoms with Crippen LogP contribution in [0.15, 0.2) is 215 Å². The minimum absolute atomic E-state index is 0.486. The van der Waals surface area contributed by atoms with Gasteiger partial charge < -0.3 is 13.4 Å². The van der Waals surface area contributed by atoms with Crippen LogP contribution in [0.25, 0.3) is 138 Å². The summed E-state index contributed by atoms with van der Waals surface area (Å²) in [7, 11) is 0. The molecule has 0 saturated carbocycles. The predicted molar refractivity (Wildman–Crippen MR) is 265 cm³/mol. The molecule has 65 heavy (non-hydrogen) atoms. The summed E-state index contributed by atoms with van der Waals surface area (Å²) < 4.78 is 16.0. The summed E-state index contributed by atoms with van der Waals surface area (Å²) >= 11 is 0. The zero-order chi connectivity index (χ0) is 42.6. The SMILES string of the molecule is c1ccc(-c2cccc(-c3nc(-c4cccc5c4oc4ccccc45)nc(-c4c(-n5c6cc7ccccc7cc6c6cc7ccccc7cc65)ccc5c4oc4ccccc45)n3)c2)cc1. The van der Waals surface area contributed by atoms with Crippen LogP contribution in [-0.4, -0.2) is 19.5 Å². The molecule has 0 spiro atoms. The number of benzene rings is 10. The van der Waals surface area contributed by atoms with Crippen LogP contribution in [-0.2, 0) is 0 Å². The number of fused-ring (bicyclic) bond motifs is 11. The highest BCUT2D eigenvalue weighted by Gasteiger charge is 2.26. The smallest absolute Gasteiger partial charge is 0.170 e. The number of rotatable bonds is 5. The van der Waals surface area contributed by atoms with E-state index in [0.717, 1.165) is 104 Å². The molecule has 4 aromatic heterocycles. The Morgan fingerprint density at radius 2 is 0.831 bits per heavy atom. The minimum Gasteiger partial charge on any atom is -0.455 e. The van der Waals surface area contributed by atoms with Crippen LogP contribution in [0, 0.1) is 0 Å². The number of hydrogen-bond acceptors (Lipinski definition) is 5. The van der Waals surface area contributed by atoms with Crippen molar-refractivity contribution in [3.8, 4) is 51.0 Å². The lowest BCUT2D eigenvalue weighted by Gasteiger charge is -2.16. The fraction of sp³-hybridized carbons (Fsp3) is 0. The number of aromatic nitrogens is 4. The molecule has 14 rings (SSSR count). The van der Waals surface area contributed by atoms with E-state index < -0.39 is 0 Å². The first kappa shape index (κ1) is 35.7. The topological polar surface area (TPSA) is 69.9 Å². The molecular formula is C59H34N4O2. The van der Waals surface area contributed by atoms with Gasteiger partial charge in [0.1, 0.15) is 22.3 Å². The van der Waals surface area contributed by atoms with Gasteiger partial charge in [0.15, 0.2) is 17.5 Å². The highest BCUT2D eigenvalue weighted by molar-refractivity contribution is 6.18. The summed E-state index contributed by atoms with van der Waals surface area (Å²) in [5, 5.41) is 11.0. The molecule has 302 valence electrons. The van der Waals surface area contributed by atoms with Crippen LogP contribution < -0.4 is 0 Å². The zero-order valence-electron chi connectivity index (χ0n) is 34.7. The molecular weight excluding hydrogens is 797 g/mol. The molecule has 0 atom stereocenters. The third kappa shape index (κ3) is 5.51. The standard InChI is InChI=1S/C59H34N4O2/c1-2-14-35(15-3-1)36-20-12-21-41(30-36)57-60-58(46-25-13-24-44-42-22-8-10-26-52(42)64-55(44)46)62-59(61-57)54-49(29-28-45-43-23-9-11-27-53(43)65-56(45)54)63-50-33-39-18-6-4-16-37(39)31-47(50)48-32-38-17-5-7-19-40(38)34-51(48)63/h1-34H. The molecule has 0 aliphatic heterocycles. The van der Waals surface area contributed by atoms with Crippen molar-refractivity contribution in [1.82, 2.24) is 19.5 Å². The quantitative estimate of drug-likeness (QED) is 0.173. The molecule has 6 heteroatoms. The van der Waals surface area contributed by atoms with Crippen molar-refractivity contribution in [2.45, 2.75) is 0 Å². The van der Waals surface area contributed by atoms with Crippen molar-refractivity contribution < 1.29 is 8.83 Å². The van der Waals surface area contributed by atoms with Gasteiger partial charge in [-0.2, -0.15) is 0 Å². The monoisotopic (exact) mass is 830 g/mol. The Bertz CT molecular complexity index is 4160. The van der Waals surface area contributed by atoms with Crippen LogP contribution in [0.3, 0.4) is 0 Å². The predicted octanol–water partition coefficient (Wildman–Crippen LogP) is 15.7. The van der Waals surface area contributed by atoms with Crippen molar-refractivity contribution >= 4 is 87.2 Å². The van der Waals surface area contributed by atoms with E-state index in [9.17, 15) is 0 Å². The van der Waals surface area contributed by atoms with Gasteiger partial charge >= 0.3 is 0 Å². The summed E-state index contributed by atoms with van der Waals surface area (Å²) in [6.07, 6.45) is 0. The van der Waals surface area contributed by atoms with Crippen LogP contribution in [0.1, 0.15) is 0 Å². The lowest BCUT2D eigenvalue weighted by atomic mass is 10.0. The van der Waals surface area contributed by atoms with Crippen LogP contribution in [0.2, 0.25) is 0 Å². The molecule has 10 aromatic carbocycles. The van der Waals surface area contributed by atoms with Gasteiger partial charge in [0, 0.05) is 37.9 Å². The molecule has 4 heterocycles. The van der Waals surface area contributed by atoms with E-state index in [1.807, 2.05) is 42.5 Å². The van der Waals surface area contributed by atoms with Crippen LogP contribution in [0.4, 0.5) is 0 Å². The Morgan fingerprint density at radius 3 is 1.52 bits per heavy atom. The fourth-order valence-corrected chi connectivity index (χ4v) is 9.96. The maximum absolute atomic E-state index is 6.99. The maximum atomic E-state index is 6.99. The molecule has 0 N–H and O–H groups in total. The summed E-state index contributed by atoms with van der Waals surface area (Å²) in [6.45, 7) is 0. The lowest BCUT2D eigenvalue weighted by Crippen LogP contribution is -2.04. The zero-order valence-corrected chi connectivity index (χ0v) is 34.7. The van der Waals surface area contributed by atoms with Crippen molar-refractivity contribution in [2.24, 2.45) is 0 Å². The van der Waals surface area contributed by atoms with Gasteiger partial charge in [0.05, 0.1) is 27.8 Å². The maximum Gasteiger partial charge on any atom is 0.170 e. The first-order valence-corrected chi connectivity index (χ1v) is 21.8. The average Bonchev–Trinajstić information content (AvgIpc) is 4.04. The van der Waals surface area contributed by atoms with E-state index in [2.05, 4.69) is 168 Å². The highest BCUT2D eigenvalue weighted by Crippen LogP contribution is 2.45. The fourth-order valence-electron chi connectivity index (χ4n) is 9.96. The molecule has 0 bridgehead atoms.